The van der Waals surface area contributed by atoms with Crippen LogP contribution in [0.2, 0.25) is 0 Å². The average Bonchev–Trinajstić information content (AvgIpc) is 2.58. The first-order chi connectivity index (χ1) is 11.6. The summed E-state index contributed by atoms with van der Waals surface area (Å²) >= 11 is 0. The number of nitrogens with one attached hydrogen (secondary N) is 1. The Balaban J connectivity index is 2.07. The summed E-state index contributed by atoms with van der Waals surface area (Å²) in [6.45, 7) is 5.53. The van der Waals surface area contributed by atoms with Gasteiger partial charge in [-0.1, -0.05) is 12.1 Å². The van der Waals surface area contributed by atoms with Gasteiger partial charge in [0.05, 0.1) is 17.0 Å². The van der Waals surface area contributed by atoms with E-state index in [9.17, 15) is 10.2 Å². The number of aromatic hydroxyl groups is 2. The zero-order chi connectivity index (χ0) is 17.1. The van der Waals surface area contributed by atoms with Gasteiger partial charge in [-0.2, -0.15) is 0 Å². The van der Waals surface area contributed by atoms with Gasteiger partial charge >= 0.3 is 0 Å². The standard InChI is InChI=1S/C18H22N4O2/c1-2-4-11-6-7-15(23)16(17(11)24)14-9-13(21-18(19)22-14)12-5-3-8-20-10-12/h2,6-7,9,12,20,23-24H,1,3-5,8,10H2,(H2,19,21,22). The minimum Gasteiger partial charge on any atom is -0.507 e. The third-order valence-electron chi connectivity index (χ3n) is 4.34. The lowest BCUT2D eigenvalue weighted by atomic mass is 9.94. The number of hydrogen-bond donors (Lipinski definition) is 4. The van der Waals surface area contributed by atoms with E-state index in [-0.39, 0.29) is 28.9 Å². The fourth-order valence-electron chi connectivity index (χ4n) is 3.12. The number of hydrogen-bond acceptors (Lipinski definition) is 6. The summed E-state index contributed by atoms with van der Waals surface area (Å²) in [6.07, 6.45) is 4.30. The molecule has 0 bridgehead atoms. The molecule has 1 aliphatic heterocycles. The minimum atomic E-state index is -0.0360. The molecule has 3 rings (SSSR count). The van der Waals surface area contributed by atoms with Crippen LogP contribution >= 0.6 is 0 Å². The number of nitrogen functional groups attached to an aromatic ring is 1. The van der Waals surface area contributed by atoms with Crippen molar-refractivity contribution in [2.24, 2.45) is 0 Å². The Hall–Kier alpha value is -2.60. The Morgan fingerprint density at radius 1 is 1.33 bits per heavy atom. The van der Waals surface area contributed by atoms with E-state index < -0.39 is 0 Å². The highest BCUT2D eigenvalue weighted by atomic mass is 16.3. The molecule has 1 aliphatic rings. The van der Waals surface area contributed by atoms with Crippen molar-refractivity contribution in [1.29, 1.82) is 0 Å². The monoisotopic (exact) mass is 326 g/mol. The van der Waals surface area contributed by atoms with Crippen molar-refractivity contribution in [1.82, 2.24) is 15.3 Å². The Bertz CT molecular complexity index is 755. The summed E-state index contributed by atoms with van der Waals surface area (Å²) in [7, 11) is 0. The molecule has 24 heavy (non-hydrogen) atoms. The number of anilines is 1. The highest BCUT2D eigenvalue weighted by Gasteiger charge is 2.21. The lowest BCUT2D eigenvalue weighted by molar-refractivity contribution is 0.449. The Kier molecular flexibility index (Phi) is 4.66. The molecule has 1 fully saturated rings. The van der Waals surface area contributed by atoms with Gasteiger partial charge in [-0.15, -0.1) is 6.58 Å². The van der Waals surface area contributed by atoms with Crippen LogP contribution in [0.1, 0.15) is 30.0 Å². The van der Waals surface area contributed by atoms with Crippen LogP contribution in [-0.2, 0) is 6.42 Å². The molecule has 0 amide bonds. The normalized spacial score (nSPS) is 17.6. The van der Waals surface area contributed by atoms with Gasteiger partial charge < -0.3 is 21.3 Å². The number of nitrogens with two attached hydrogens (primary N) is 1. The van der Waals surface area contributed by atoms with Crippen LogP contribution in [-0.4, -0.2) is 33.3 Å². The topological polar surface area (TPSA) is 104 Å². The van der Waals surface area contributed by atoms with Crippen LogP contribution < -0.4 is 11.1 Å². The molecule has 126 valence electrons. The summed E-state index contributed by atoms with van der Waals surface area (Å²) in [6, 6.07) is 5.03. The van der Waals surface area contributed by atoms with E-state index in [4.69, 9.17) is 5.73 Å². The molecule has 5 N–H and O–H groups in total. The maximum atomic E-state index is 10.5. The molecule has 2 aromatic rings. The summed E-state index contributed by atoms with van der Waals surface area (Å²) in [5.41, 5.74) is 8.11. The predicted octanol–water partition coefficient (Wildman–Crippen LogP) is 2.33. The van der Waals surface area contributed by atoms with Crippen LogP contribution in [0.4, 0.5) is 5.95 Å². The third-order valence-corrected chi connectivity index (χ3v) is 4.34. The second kappa shape index (κ2) is 6.88. The maximum absolute atomic E-state index is 10.5. The van der Waals surface area contributed by atoms with Crippen molar-refractivity contribution in [3.63, 3.8) is 0 Å². The van der Waals surface area contributed by atoms with E-state index in [1.165, 1.54) is 0 Å². The lowest BCUT2D eigenvalue weighted by Gasteiger charge is -2.23. The van der Waals surface area contributed by atoms with E-state index in [1.54, 1.807) is 24.3 Å². The summed E-state index contributed by atoms with van der Waals surface area (Å²) in [5.74, 6) is 0.358. The van der Waals surface area contributed by atoms with Gasteiger partial charge in [0.2, 0.25) is 5.95 Å². The zero-order valence-electron chi connectivity index (χ0n) is 13.5. The molecule has 1 aromatic carbocycles. The van der Waals surface area contributed by atoms with Crippen LogP contribution in [0.3, 0.4) is 0 Å². The van der Waals surface area contributed by atoms with Crippen LogP contribution in [0.5, 0.6) is 11.5 Å². The van der Waals surface area contributed by atoms with Crippen molar-refractivity contribution in [2.45, 2.75) is 25.2 Å². The fraction of sp³-hybridized carbons (Fsp3) is 0.333. The molecule has 1 atom stereocenters. The Morgan fingerprint density at radius 2 is 2.17 bits per heavy atom. The van der Waals surface area contributed by atoms with Crippen molar-refractivity contribution in [3.05, 3.63) is 42.1 Å². The number of aromatic nitrogens is 2. The predicted molar refractivity (Wildman–Crippen MR) is 94.0 cm³/mol. The summed E-state index contributed by atoms with van der Waals surface area (Å²) < 4.78 is 0. The minimum absolute atomic E-state index is 0.000666. The molecule has 6 heteroatoms. The SMILES string of the molecule is C=CCc1ccc(O)c(-c2cc(C3CCCNC3)nc(N)n2)c1O. The Labute approximate surface area is 141 Å². The molecule has 0 saturated carbocycles. The second-order valence-electron chi connectivity index (χ2n) is 6.04. The first-order valence-corrected chi connectivity index (χ1v) is 8.10. The number of allylic oxidation sites excluding steroid dienone is 1. The van der Waals surface area contributed by atoms with Gasteiger partial charge in [0.1, 0.15) is 11.5 Å². The molecular formula is C18H22N4O2. The Morgan fingerprint density at radius 3 is 2.88 bits per heavy atom. The van der Waals surface area contributed by atoms with E-state index in [1.807, 2.05) is 0 Å². The van der Waals surface area contributed by atoms with Crippen molar-refractivity contribution >= 4 is 5.95 Å². The molecular weight excluding hydrogens is 304 g/mol. The highest BCUT2D eigenvalue weighted by Crippen LogP contribution is 2.40. The maximum Gasteiger partial charge on any atom is 0.220 e. The van der Waals surface area contributed by atoms with Gasteiger partial charge in [0, 0.05) is 12.5 Å². The quantitative estimate of drug-likeness (QED) is 0.643. The molecule has 1 aromatic heterocycles. The smallest absolute Gasteiger partial charge is 0.220 e. The average molecular weight is 326 g/mol. The van der Waals surface area contributed by atoms with Crippen molar-refractivity contribution in [2.75, 3.05) is 18.8 Å². The van der Waals surface area contributed by atoms with E-state index in [0.717, 1.165) is 31.6 Å². The highest BCUT2D eigenvalue weighted by molar-refractivity contribution is 5.76. The molecule has 6 nitrogen and oxygen atoms in total. The number of phenolic OH excluding ortho intramolecular Hbond substituents is 2. The van der Waals surface area contributed by atoms with Gasteiger partial charge in [0.25, 0.3) is 0 Å². The van der Waals surface area contributed by atoms with Crippen LogP contribution in [0, 0.1) is 0 Å². The second-order valence-corrected chi connectivity index (χ2v) is 6.04. The number of phenols is 2. The van der Waals surface area contributed by atoms with Gasteiger partial charge in [-0.25, -0.2) is 9.97 Å². The summed E-state index contributed by atoms with van der Waals surface area (Å²) in [5, 5.41) is 24.1. The van der Waals surface area contributed by atoms with E-state index in [0.29, 0.717) is 17.7 Å². The number of piperidine rings is 1. The molecule has 0 aliphatic carbocycles. The van der Waals surface area contributed by atoms with Gasteiger partial charge in [-0.05, 0) is 43.5 Å². The first-order valence-electron chi connectivity index (χ1n) is 8.10. The van der Waals surface area contributed by atoms with Gasteiger partial charge in [0.15, 0.2) is 0 Å². The van der Waals surface area contributed by atoms with Crippen molar-refractivity contribution < 1.29 is 10.2 Å². The molecule has 0 spiro atoms. The van der Waals surface area contributed by atoms with Gasteiger partial charge in [-0.3, -0.25) is 0 Å². The number of rotatable bonds is 4. The third kappa shape index (κ3) is 3.19. The van der Waals surface area contributed by atoms with Crippen LogP contribution in [0.25, 0.3) is 11.3 Å². The van der Waals surface area contributed by atoms with E-state index >= 15 is 0 Å². The molecule has 0 radical (unpaired) electrons. The largest absolute Gasteiger partial charge is 0.507 e. The van der Waals surface area contributed by atoms with Crippen LogP contribution in [0.15, 0.2) is 30.9 Å². The summed E-state index contributed by atoms with van der Waals surface area (Å²) in [4.78, 5) is 8.57. The van der Waals surface area contributed by atoms with E-state index in [2.05, 4.69) is 21.9 Å². The number of nitrogens with zero attached hydrogens (tertiary/aromatic N) is 2. The molecule has 1 unspecified atom stereocenters. The number of benzene rings is 1. The lowest BCUT2D eigenvalue weighted by Crippen LogP contribution is -2.29. The zero-order valence-corrected chi connectivity index (χ0v) is 13.5. The first kappa shape index (κ1) is 16.3. The fourth-order valence-corrected chi connectivity index (χ4v) is 3.12. The van der Waals surface area contributed by atoms with Crippen molar-refractivity contribution in [3.8, 4) is 22.8 Å². The molecule has 2 heterocycles. The molecule has 1 saturated heterocycles.